The molecule has 4 unspecified atom stereocenters. The molecule has 10 N–H and O–H groups in total. The molecule has 32 heavy (non-hydrogen) atoms. The van der Waals surface area contributed by atoms with Gasteiger partial charge in [0.05, 0.1) is 18.9 Å². The Kier molecular flexibility index (Phi) is 13.0. The van der Waals surface area contributed by atoms with Gasteiger partial charge in [-0.05, 0) is 24.3 Å². The Morgan fingerprint density at radius 2 is 1.22 bits per heavy atom. The van der Waals surface area contributed by atoms with Crippen molar-refractivity contribution in [1.82, 2.24) is 16.0 Å². The first-order valence-corrected chi connectivity index (χ1v) is 11.1. The number of carbonyl (C=O) groups is 6. The van der Waals surface area contributed by atoms with Crippen molar-refractivity contribution < 1.29 is 33.9 Å². The number of nitrogens with two attached hydrogens (primary N) is 3. The molecule has 0 spiro atoms. The van der Waals surface area contributed by atoms with Gasteiger partial charge in [-0.1, -0.05) is 13.8 Å². The Balaban J connectivity index is 5.51. The zero-order valence-corrected chi connectivity index (χ0v) is 19.1. The van der Waals surface area contributed by atoms with Crippen molar-refractivity contribution in [3.63, 3.8) is 0 Å². The maximum Gasteiger partial charge on any atom is 0.326 e. The number of carboxylic acids is 1. The Hall–Kier alpha value is -2.87. The summed E-state index contributed by atoms with van der Waals surface area (Å²) < 4.78 is 0. The summed E-state index contributed by atoms with van der Waals surface area (Å²) in [6.07, 6.45) is 0.621. The van der Waals surface area contributed by atoms with Crippen LogP contribution >= 0.6 is 11.8 Å². The van der Waals surface area contributed by atoms with Crippen LogP contribution in [0.3, 0.4) is 0 Å². The molecule has 13 nitrogen and oxygen atoms in total. The molecule has 0 aliphatic rings. The average molecular weight is 477 g/mol. The van der Waals surface area contributed by atoms with E-state index in [2.05, 4.69) is 16.0 Å². The van der Waals surface area contributed by atoms with Crippen molar-refractivity contribution in [2.45, 2.75) is 57.3 Å². The monoisotopic (exact) mass is 476 g/mol. The number of hydrogen-bond donors (Lipinski definition) is 7. The van der Waals surface area contributed by atoms with Gasteiger partial charge in [-0.2, -0.15) is 11.8 Å². The number of thioether (sulfide) groups is 1. The maximum atomic E-state index is 12.7. The van der Waals surface area contributed by atoms with Crippen LogP contribution in [0.1, 0.15) is 33.1 Å². The van der Waals surface area contributed by atoms with Gasteiger partial charge in [0, 0.05) is 0 Å². The third kappa shape index (κ3) is 10.9. The molecule has 0 heterocycles. The van der Waals surface area contributed by atoms with E-state index in [4.69, 9.17) is 17.2 Å². The van der Waals surface area contributed by atoms with E-state index in [1.807, 2.05) is 0 Å². The van der Waals surface area contributed by atoms with Gasteiger partial charge >= 0.3 is 5.97 Å². The van der Waals surface area contributed by atoms with Gasteiger partial charge in [0.15, 0.2) is 0 Å². The Labute approximate surface area is 189 Å². The summed E-state index contributed by atoms with van der Waals surface area (Å²) in [5, 5.41) is 16.0. The van der Waals surface area contributed by atoms with Gasteiger partial charge in [-0.25, -0.2) is 4.79 Å². The predicted octanol–water partition coefficient (Wildman–Crippen LogP) is -2.99. The normalized spacial score (nSPS) is 14.5. The summed E-state index contributed by atoms with van der Waals surface area (Å²) >= 11 is 1.37. The van der Waals surface area contributed by atoms with Crippen LogP contribution in [0, 0.1) is 5.92 Å². The van der Waals surface area contributed by atoms with Crippen LogP contribution in [0.5, 0.6) is 0 Å². The second-order valence-electron chi connectivity index (χ2n) is 7.41. The molecule has 0 aromatic heterocycles. The molecule has 14 heteroatoms. The highest BCUT2D eigenvalue weighted by Gasteiger charge is 2.32. The van der Waals surface area contributed by atoms with Gasteiger partial charge in [-0.15, -0.1) is 0 Å². The smallest absolute Gasteiger partial charge is 0.326 e. The minimum Gasteiger partial charge on any atom is -0.480 e. The SMILES string of the molecule is CSCCC(NC(=O)C(CC(N)=O)NC(=O)C(CC(N)=O)NC(=O)C(N)C(C)C)C(=O)O. The number of nitrogens with one attached hydrogen (secondary N) is 3. The van der Waals surface area contributed by atoms with E-state index in [9.17, 15) is 33.9 Å². The number of amides is 5. The van der Waals surface area contributed by atoms with Crippen LogP contribution in [0.25, 0.3) is 0 Å². The minimum atomic E-state index is -1.54. The largest absolute Gasteiger partial charge is 0.480 e. The lowest BCUT2D eigenvalue weighted by Gasteiger charge is -2.24. The molecule has 0 aliphatic heterocycles. The molecular weight excluding hydrogens is 444 g/mol. The summed E-state index contributed by atoms with van der Waals surface area (Å²) in [6.45, 7) is 3.35. The van der Waals surface area contributed by atoms with Crippen LogP contribution in [0.15, 0.2) is 0 Å². The topological polar surface area (TPSA) is 237 Å². The molecule has 0 saturated heterocycles. The number of rotatable bonds is 15. The molecule has 0 rings (SSSR count). The number of aliphatic carboxylic acids is 1. The van der Waals surface area contributed by atoms with Crippen LogP contribution < -0.4 is 33.2 Å². The Morgan fingerprint density at radius 1 is 0.812 bits per heavy atom. The highest BCUT2D eigenvalue weighted by Crippen LogP contribution is 2.04. The zero-order chi connectivity index (χ0) is 25.0. The number of carbonyl (C=O) groups excluding carboxylic acids is 5. The molecule has 0 fully saturated rings. The lowest BCUT2D eigenvalue weighted by atomic mass is 10.0. The van der Waals surface area contributed by atoms with Gasteiger partial charge in [0.2, 0.25) is 29.5 Å². The number of hydrogen-bond acceptors (Lipinski definition) is 8. The lowest BCUT2D eigenvalue weighted by molar-refractivity contribution is -0.142. The van der Waals surface area contributed by atoms with Crippen molar-refractivity contribution in [2.75, 3.05) is 12.0 Å². The van der Waals surface area contributed by atoms with Crippen LogP contribution in [-0.2, 0) is 28.8 Å². The van der Waals surface area contributed by atoms with Crippen molar-refractivity contribution in [3.8, 4) is 0 Å². The van der Waals surface area contributed by atoms with E-state index < -0.39 is 72.5 Å². The molecular formula is C18H32N6O7S. The first kappa shape index (κ1) is 29.1. The minimum absolute atomic E-state index is 0.104. The van der Waals surface area contributed by atoms with Crippen LogP contribution in [0.4, 0.5) is 0 Å². The third-order valence-corrected chi connectivity index (χ3v) is 4.97. The maximum absolute atomic E-state index is 12.7. The van der Waals surface area contributed by atoms with Crippen molar-refractivity contribution in [1.29, 1.82) is 0 Å². The molecule has 5 amide bonds. The molecule has 0 aliphatic carbocycles. The van der Waals surface area contributed by atoms with Crippen molar-refractivity contribution in [2.24, 2.45) is 23.1 Å². The highest BCUT2D eigenvalue weighted by atomic mass is 32.2. The van der Waals surface area contributed by atoms with E-state index in [0.717, 1.165) is 0 Å². The van der Waals surface area contributed by atoms with Gasteiger partial charge < -0.3 is 38.3 Å². The van der Waals surface area contributed by atoms with E-state index in [1.54, 1.807) is 20.1 Å². The summed E-state index contributed by atoms with van der Waals surface area (Å²) in [4.78, 5) is 71.5. The molecule has 182 valence electrons. The molecule has 0 radical (unpaired) electrons. The lowest BCUT2D eigenvalue weighted by Crippen LogP contribution is -2.58. The fraction of sp³-hybridized carbons (Fsp3) is 0.667. The summed E-state index contributed by atoms with van der Waals surface area (Å²) in [5.41, 5.74) is 16.0. The van der Waals surface area contributed by atoms with Gasteiger partial charge in [0.25, 0.3) is 0 Å². The Bertz CT molecular complexity index is 718. The fourth-order valence-corrected chi connectivity index (χ4v) is 2.90. The average Bonchev–Trinajstić information content (AvgIpc) is 2.67. The molecule has 0 aromatic rings. The van der Waals surface area contributed by atoms with Gasteiger partial charge in [0.1, 0.15) is 18.1 Å². The zero-order valence-electron chi connectivity index (χ0n) is 18.3. The first-order valence-electron chi connectivity index (χ1n) is 9.75. The van der Waals surface area contributed by atoms with E-state index in [1.165, 1.54) is 11.8 Å². The first-order chi connectivity index (χ1) is 14.8. The summed E-state index contributed by atoms with van der Waals surface area (Å²) in [6, 6.07) is -5.25. The quantitative estimate of drug-likeness (QED) is 0.127. The fourth-order valence-electron chi connectivity index (χ4n) is 2.43. The molecule has 4 atom stereocenters. The second-order valence-corrected chi connectivity index (χ2v) is 8.40. The van der Waals surface area contributed by atoms with Crippen molar-refractivity contribution >= 4 is 47.3 Å². The van der Waals surface area contributed by atoms with E-state index >= 15 is 0 Å². The summed E-state index contributed by atoms with van der Waals surface area (Å²) in [5.74, 6) is -5.67. The molecule has 0 saturated carbocycles. The van der Waals surface area contributed by atoms with E-state index in [0.29, 0.717) is 5.75 Å². The van der Waals surface area contributed by atoms with E-state index in [-0.39, 0.29) is 12.3 Å². The number of carboxylic acid groups (broad SMARTS) is 1. The van der Waals surface area contributed by atoms with Crippen molar-refractivity contribution in [3.05, 3.63) is 0 Å². The number of primary amides is 2. The third-order valence-electron chi connectivity index (χ3n) is 4.32. The predicted molar refractivity (Wildman–Crippen MR) is 117 cm³/mol. The van der Waals surface area contributed by atoms with Crippen LogP contribution in [-0.4, -0.2) is 76.8 Å². The Morgan fingerprint density at radius 3 is 1.56 bits per heavy atom. The van der Waals surface area contributed by atoms with Gasteiger partial charge in [-0.3, -0.25) is 24.0 Å². The molecule has 0 aromatic carbocycles. The summed E-state index contributed by atoms with van der Waals surface area (Å²) in [7, 11) is 0. The van der Waals surface area contributed by atoms with Crippen LogP contribution in [0.2, 0.25) is 0 Å². The standard InChI is InChI=1S/C18H32N6O7S/c1-8(2)14(21)17(29)24-11(7-13(20)26)16(28)23-10(6-12(19)25)15(27)22-9(18(30)31)4-5-32-3/h8-11,14H,4-7,21H2,1-3H3,(H2,19,25)(H2,20,26)(H,22,27)(H,23,28)(H,24,29)(H,30,31). The second kappa shape index (κ2) is 14.2. The highest BCUT2D eigenvalue weighted by molar-refractivity contribution is 7.98. The molecule has 0 bridgehead atoms.